The lowest BCUT2D eigenvalue weighted by Crippen LogP contribution is -2.08. The molecule has 1 heterocycles. The van der Waals surface area contributed by atoms with Crippen LogP contribution >= 0.6 is 15.9 Å². The first kappa shape index (κ1) is 14.1. The minimum absolute atomic E-state index is 0.613. The third-order valence-corrected chi connectivity index (χ3v) is 3.35. The summed E-state index contributed by atoms with van der Waals surface area (Å²) in [5.41, 5.74) is 2.30. The SMILES string of the molecule is CNCc1cn(CCOc2ccc(Br)cc2)nc1C. The molecule has 0 spiro atoms. The highest BCUT2D eigenvalue weighted by Crippen LogP contribution is 2.16. The van der Waals surface area contributed by atoms with E-state index in [1.54, 1.807) is 0 Å². The maximum absolute atomic E-state index is 5.68. The molecular weight excluding hydrogens is 306 g/mol. The minimum atomic E-state index is 0.613. The molecule has 2 rings (SSSR count). The van der Waals surface area contributed by atoms with Crippen molar-refractivity contribution in [1.29, 1.82) is 0 Å². The van der Waals surface area contributed by atoms with Crippen LogP contribution in [0.3, 0.4) is 0 Å². The highest BCUT2D eigenvalue weighted by molar-refractivity contribution is 9.10. The summed E-state index contributed by atoms with van der Waals surface area (Å²) in [7, 11) is 1.94. The molecule has 0 saturated carbocycles. The predicted octanol–water partition coefficient (Wildman–Crippen LogP) is 2.75. The molecule has 0 fully saturated rings. The molecular formula is C14H18BrN3O. The van der Waals surface area contributed by atoms with Crippen molar-refractivity contribution in [3.05, 3.63) is 46.2 Å². The molecule has 0 amide bonds. The fraction of sp³-hybridized carbons (Fsp3) is 0.357. The molecule has 0 radical (unpaired) electrons. The second kappa shape index (κ2) is 6.73. The van der Waals surface area contributed by atoms with E-state index < -0.39 is 0 Å². The van der Waals surface area contributed by atoms with Gasteiger partial charge in [-0.3, -0.25) is 4.68 Å². The van der Waals surface area contributed by atoms with E-state index in [9.17, 15) is 0 Å². The highest BCUT2D eigenvalue weighted by atomic mass is 79.9. The van der Waals surface area contributed by atoms with Crippen LogP contribution in [0.2, 0.25) is 0 Å². The zero-order chi connectivity index (χ0) is 13.7. The number of benzene rings is 1. The average Bonchev–Trinajstić information content (AvgIpc) is 2.73. The number of hydrogen-bond acceptors (Lipinski definition) is 3. The van der Waals surface area contributed by atoms with Gasteiger partial charge in [0, 0.05) is 22.8 Å². The van der Waals surface area contributed by atoms with Gasteiger partial charge in [-0.2, -0.15) is 5.10 Å². The van der Waals surface area contributed by atoms with Crippen LogP contribution in [0.1, 0.15) is 11.3 Å². The molecule has 102 valence electrons. The maximum atomic E-state index is 5.68. The van der Waals surface area contributed by atoms with Crippen LogP contribution in [0.4, 0.5) is 0 Å². The van der Waals surface area contributed by atoms with Gasteiger partial charge in [0.25, 0.3) is 0 Å². The van der Waals surface area contributed by atoms with E-state index in [0.29, 0.717) is 6.61 Å². The van der Waals surface area contributed by atoms with Crippen molar-refractivity contribution in [2.24, 2.45) is 0 Å². The summed E-state index contributed by atoms with van der Waals surface area (Å²) in [6.07, 6.45) is 2.07. The number of rotatable bonds is 6. The molecule has 0 atom stereocenters. The van der Waals surface area contributed by atoms with Gasteiger partial charge in [-0.25, -0.2) is 0 Å². The monoisotopic (exact) mass is 323 g/mol. The zero-order valence-electron chi connectivity index (χ0n) is 11.2. The number of nitrogens with zero attached hydrogens (tertiary/aromatic N) is 2. The molecule has 5 heteroatoms. The summed E-state index contributed by atoms with van der Waals surface area (Å²) < 4.78 is 8.66. The van der Waals surface area contributed by atoms with Crippen molar-refractivity contribution in [2.45, 2.75) is 20.0 Å². The first-order chi connectivity index (χ1) is 9.19. The van der Waals surface area contributed by atoms with Gasteiger partial charge < -0.3 is 10.1 Å². The smallest absolute Gasteiger partial charge is 0.119 e. The Morgan fingerprint density at radius 2 is 2.05 bits per heavy atom. The van der Waals surface area contributed by atoms with Gasteiger partial charge in [-0.05, 0) is 38.2 Å². The van der Waals surface area contributed by atoms with E-state index in [1.165, 1.54) is 5.56 Å². The number of ether oxygens (including phenoxy) is 1. The van der Waals surface area contributed by atoms with Crippen molar-refractivity contribution in [2.75, 3.05) is 13.7 Å². The van der Waals surface area contributed by atoms with Crippen LogP contribution in [0.25, 0.3) is 0 Å². The van der Waals surface area contributed by atoms with Crippen LogP contribution in [0, 0.1) is 6.92 Å². The van der Waals surface area contributed by atoms with E-state index in [0.717, 1.165) is 29.0 Å². The molecule has 1 aromatic carbocycles. The highest BCUT2D eigenvalue weighted by Gasteiger charge is 2.03. The van der Waals surface area contributed by atoms with E-state index in [4.69, 9.17) is 4.74 Å². The molecule has 0 aliphatic carbocycles. The third-order valence-electron chi connectivity index (χ3n) is 2.82. The van der Waals surface area contributed by atoms with E-state index in [-0.39, 0.29) is 0 Å². The topological polar surface area (TPSA) is 39.1 Å². The van der Waals surface area contributed by atoms with Crippen molar-refractivity contribution in [3.63, 3.8) is 0 Å². The third kappa shape index (κ3) is 4.08. The van der Waals surface area contributed by atoms with Crippen molar-refractivity contribution < 1.29 is 4.74 Å². The van der Waals surface area contributed by atoms with Gasteiger partial charge in [-0.15, -0.1) is 0 Å². The first-order valence-corrected chi connectivity index (χ1v) is 7.04. The lowest BCUT2D eigenvalue weighted by atomic mass is 10.3. The Balaban J connectivity index is 1.85. The molecule has 19 heavy (non-hydrogen) atoms. The fourth-order valence-corrected chi connectivity index (χ4v) is 2.09. The summed E-state index contributed by atoms with van der Waals surface area (Å²) in [4.78, 5) is 0. The summed E-state index contributed by atoms with van der Waals surface area (Å²) >= 11 is 3.40. The molecule has 0 saturated heterocycles. The predicted molar refractivity (Wildman–Crippen MR) is 79.4 cm³/mol. The van der Waals surface area contributed by atoms with Crippen LogP contribution in [-0.4, -0.2) is 23.4 Å². The Kier molecular flexibility index (Phi) is 4.99. The molecule has 2 aromatic rings. The van der Waals surface area contributed by atoms with Gasteiger partial charge in [0.2, 0.25) is 0 Å². The van der Waals surface area contributed by atoms with Crippen LogP contribution in [-0.2, 0) is 13.1 Å². The van der Waals surface area contributed by atoms with Crippen molar-refractivity contribution in [1.82, 2.24) is 15.1 Å². The Morgan fingerprint density at radius 3 is 2.74 bits per heavy atom. The molecule has 0 aliphatic rings. The zero-order valence-corrected chi connectivity index (χ0v) is 12.8. The molecule has 1 aromatic heterocycles. The summed E-state index contributed by atoms with van der Waals surface area (Å²) in [5.74, 6) is 0.877. The van der Waals surface area contributed by atoms with Crippen LogP contribution in [0.15, 0.2) is 34.9 Å². The summed E-state index contributed by atoms with van der Waals surface area (Å²) in [6, 6.07) is 7.84. The van der Waals surface area contributed by atoms with E-state index in [1.807, 2.05) is 42.9 Å². The Hall–Kier alpha value is -1.33. The van der Waals surface area contributed by atoms with Crippen LogP contribution < -0.4 is 10.1 Å². The molecule has 4 nitrogen and oxygen atoms in total. The second-order valence-corrected chi connectivity index (χ2v) is 5.25. The molecule has 0 unspecified atom stereocenters. The number of aryl methyl sites for hydroxylation is 1. The average molecular weight is 324 g/mol. The summed E-state index contributed by atoms with van der Waals surface area (Å²) in [6.45, 7) is 4.24. The maximum Gasteiger partial charge on any atom is 0.119 e. The quantitative estimate of drug-likeness (QED) is 0.888. The van der Waals surface area contributed by atoms with Crippen LogP contribution in [0.5, 0.6) is 5.75 Å². The standard InChI is InChI=1S/C14H18BrN3O/c1-11-12(9-16-2)10-18(17-11)7-8-19-14-5-3-13(15)4-6-14/h3-6,10,16H,7-9H2,1-2H3. The van der Waals surface area contributed by atoms with Crippen molar-refractivity contribution in [3.8, 4) is 5.75 Å². The number of halogens is 1. The van der Waals surface area contributed by atoms with Gasteiger partial charge in [0.05, 0.1) is 12.2 Å². The second-order valence-electron chi connectivity index (χ2n) is 4.34. The summed E-state index contributed by atoms with van der Waals surface area (Å²) in [5, 5.41) is 7.60. The number of hydrogen-bond donors (Lipinski definition) is 1. The lowest BCUT2D eigenvalue weighted by Gasteiger charge is -2.06. The van der Waals surface area contributed by atoms with Gasteiger partial charge in [0.1, 0.15) is 12.4 Å². The largest absolute Gasteiger partial charge is 0.492 e. The Morgan fingerprint density at radius 1 is 1.32 bits per heavy atom. The molecule has 0 aliphatic heterocycles. The lowest BCUT2D eigenvalue weighted by molar-refractivity contribution is 0.291. The van der Waals surface area contributed by atoms with Gasteiger partial charge in [-0.1, -0.05) is 15.9 Å². The minimum Gasteiger partial charge on any atom is -0.492 e. The molecule has 1 N–H and O–H groups in total. The van der Waals surface area contributed by atoms with E-state index >= 15 is 0 Å². The van der Waals surface area contributed by atoms with Gasteiger partial charge in [0.15, 0.2) is 0 Å². The number of nitrogens with one attached hydrogen (secondary N) is 1. The fourth-order valence-electron chi connectivity index (χ4n) is 1.83. The van der Waals surface area contributed by atoms with Gasteiger partial charge >= 0.3 is 0 Å². The first-order valence-electron chi connectivity index (χ1n) is 6.25. The Bertz CT molecular complexity index is 522. The number of aromatic nitrogens is 2. The molecule has 0 bridgehead atoms. The van der Waals surface area contributed by atoms with Crippen molar-refractivity contribution >= 4 is 15.9 Å². The Labute approximate surface area is 121 Å². The van der Waals surface area contributed by atoms with E-state index in [2.05, 4.69) is 32.5 Å². The normalized spacial score (nSPS) is 10.7.